The zero-order valence-electron chi connectivity index (χ0n) is 15.1. The van der Waals surface area contributed by atoms with E-state index >= 15 is 0 Å². The quantitative estimate of drug-likeness (QED) is 0.626. The van der Waals surface area contributed by atoms with Crippen molar-refractivity contribution in [3.8, 4) is 23.0 Å². The van der Waals surface area contributed by atoms with Gasteiger partial charge >= 0.3 is 0 Å². The highest BCUT2D eigenvalue weighted by molar-refractivity contribution is 5.75. The maximum atomic E-state index is 11.8. The Morgan fingerprint density at radius 2 is 1.89 bits per heavy atom. The molecular formula is C20H21N3O4. The second kappa shape index (κ2) is 9.38. The van der Waals surface area contributed by atoms with Crippen molar-refractivity contribution < 1.29 is 18.7 Å². The molecule has 0 aliphatic rings. The number of amides is 1. The third-order valence-corrected chi connectivity index (χ3v) is 3.79. The number of carbonyl (C=O) groups is 1. The molecule has 7 heteroatoms. The van der Waals surface area contributed by atoms with Gasteiger partial charge in [0.15, 0.2) is 0 Å². The molecule has 0 radical (unpaired) electrons. The van der Waals surface area contributed by atoms with Crippen molar-refractivity contribution in [3.63, 3.8) is 0 Å². The number of nitrogens with zero attached hydrogens (tertiary/aromatic N) is 2. The van der Waals surface area contributed by atoms with Crippen LogP contribution in [-0.4, -0.2) is 36.4 Å². The molecule has 1 N–H and O–H groups in total. The molecule has 0 spiro atoms. The van der Waals surface area contributed by atoms with Gasteiger partial charge in [0.05, 0.1) is 20.1 Å². The summed E-state index contributed by atoms with van der Waals surface area (Å²) in [6, 6.07) is 16.8. The molecule has 0 saturated heterocycles. The van der Waals surface area contributed by atoms with Crippen molar-refractivity contribution in [2.75, 3.05) is 20.3 Å². The molecule has 0 aliphatic heterocycles. The van der Waals surface area contributed by atoms with Gasteiger partial charge in [0.25, 0.3) is 0 Å². The lowest BCUT2D eigenvalue weighted by Crippen LogP contribution is -2.27. The van der Waals surface area contributed by atoms with E-state index in [1.807, 2.05) is 54.6 Å². The Hall–Kier alpha value is -3.35. The normalized spacial score (nSPS) is 10.4. The van der Waals surface area contributed by atoms with Crippen molar-refractivity contribution in [2.45, 2.75) is 12.8 Å². The maximum Gasteiger partial charge on any atom is 0.247 e. The maximum absolute atomic E-state index is 11.8. The highest BCUT2D eigenvalue weighted by atomic mass is 16.5. The first-order valence-electron chi connectivity index (χ1n) is 8.66. The van der Waals surface area contributed by atoms with Gasteiger partial charge in [0, 0.05) is 18.5 Å². The van der Waals surface area contributed by atoms with Crippen LogP contribution in [0.4, 0.5) is 0 Å². The fourth-order valence-electron chi connectivity index (χ4n) is 2.40. The predicted molar refractivity (Wildman–Crippen MR) is 99.6 cm³/mol. The van der Waals surface area contributed by atoms with Crippen molar-refractivity contribution in [1.82, 2.24) is 15.5 Å². The molecule has 1 aromatic heterocycles. The molecule has 0 saturated carbocycles. The molecule has 0 fully saturated rings. The molecule has 7 nitrogen and oxygen atoms in total. The minimum atomic E-state index is -0.0848. The molecular weight excluding hydrogens is 346 g/mol. The van der Waals surface area contributed by atoms with Crippen LogP contribution in [0.5, 0.6) is 11.5 Å². The average molecular weight is 367 g/mol. The number of carbonyl (C=O) groups excluding carboxylic acids is 1. The van der Waals surface area contributed by atoms with Crippen LogP contribution in [0.25, 0.3) is 11.5 Å². The van der Waals surface area contributed by atoms with Gasteiger partial charge in [-0.3, -0.25) is 4.79 Å². The van der Waals surface area contributed by atoms with Crippen LogP contribution in [0.3, 0.4) is 0 Å². The van der Waals surface area contributed by atoms with Crippen LogP contribution < -0.4 is 14.8 Å². The van der Waals surface area contributed by atoms with E-state index < -0.39 is 0 Å². The van der Waals surface area contributed by atoms with Crippen LogP contribution in [-0.2, 0) is 11.2 Å². The molecule has 0 bridgehead atoms. The predicted octanol–water partition coefficient (Wildman–Crippen LogP) is 2.87. The first-order valence-corrected chi connectivity index (χ1v) is 8.66. The number of aromatic nitrogens is 2. The number of methoxy groups -OCH3 is 1. The molecule has 140 valence electrons. The Bertz CT molecular complexity index is 864. The Morgan fingerprint density at radius 3 is 2.70 bits per heavy atom. The standard InChI is InChI=1S/C20H21N3O4/c1-25-17-9-5-6-15(14-17)20-23-22-19(27-20)10-12-21-18(24)11-13-26-16-7-3-2-4-8-16/h2-9,14H,10-13H2,1H3,(H,21,24). The number of nitrogens with one attached hydrogen (secondary N) is 1. The third-order valence-electron chi connectivity index (χ3n) is 3.79. The van der Waals surface area contributed by atoms with E-state index in [0.717, 1.165) is 17.1 Å². The zero-order valence-corrected chi connectivity index (χ0v) is 15.1. The smallest absolute Gasteiger partial charge is 0.247 e. The molecule has 3 aromatic rings. The topological polar surface area (TPSA) is 86.5 Å². The van der Waals surface area contributed by atoms with E-state index in [-0.39, 0.29) is 12.3 Å². The molecule has 1 amide bonds. The molecule has 0 atom stereocenters. The third kappa shape index (κ3) is 5.57. The van der Waals surface area contributed by atoms with Gasteiger partial charge in [-0.25, -0.2) is 0 Å². The Morgan fingerprint density at radius 1 is 1.07 bits per heavy atom. The second-order valence-corrected chi connectivity index (χ2v) is 5.74. The van der Waals surface area contributed by atoms with Gasteiger partial charge in [-0.15, -0.1) is 10.2 Å². The van der Waals surface area contributed by atoms with Crippen molar-refractivity contribution in [2.24, 2.45) is 0 Å². The summed E-state index contributed by atoms with van der Waals surface area (Å²) in [7, 11) is 1.60. The number of rotatable bonds is 9. The van der Waals surface area contributed by atoms with Crippen LogP contribution >= 0.6 is 0 Å². The summed E-state index contributed by atoms with van der Waals surface area (Å²) >= 11 is 0. The number of hydrogen-bond acceptors (Lipinski definition) is 6. The van der Waals surface area contributed by atoms with Crippen molar-refractivity contribution in [3.05, 3.63) is 60.5 Å². The minimum Gasteiger partial charge on any atom is -0.497 e. The van der Waals surface area contributed by atoms with Gasteiger partial charge in [-0.05, 0) is 30.3 Å². The largest absolute Gasteiger partial charge is 0.497 e. The molecule has 0 aliphatic carbocycles. The molecule has 27 heavy (non-hydrogen) atoms. The summed E-state index contributed by atoms with van der Waals surface area (Å²) in [5.41, 5.74) is 0.787. The first kappa shape index (κ1) is 18.4. The molecule has 0 unspecified atom stereocenters. The van der Waals surface area contributed by atoms with E-state index in [0.29, 0.717) is 31.4 Å². The molecule has 3 rings (SSSR count). The summed E-state index contributed by atoms with van der Waals surface area (Å²) in [5, 5.41) is 10.9. The number of benzene rings is 2. The second-order valence-electron chi connectivity index (χ2n) is 5.74. The van der Waals surface area contributed by atoms with E-state index in [9.17, 15) is 4.79 Å². The highest BCUT2D eigenvalue weighted by Crippen LogP contribution is 2.22. The lowest BCUT2D eigenvalue weighted by molar-refractivity contribution is -0.121. The van der Waals surface area contributed by atoms with Crippen LogP contribution in [0.2, 0.25) is 0 Å². The Balaban J connectivity index is 1.40. The van der Waals surface area contributed by atoms with Crippen LogP contribution in [0.15, 0.2) is 59.0 Å². The van der Waals surface area contributed by atoms with E-state index in [1.165, 1.54) is 0 Å². The van der Waals surface area contributed by atoms with E-state index in [4.69, 9.17) is 13.9 Å². The van der Waals surface area contributed by atoms with E-state index in [1.54, 1.807) is 7.11 Å². The lowest BCUT2D eigenvalue weighted by Gasteiger charge is -2.06. The van der Waals surface area contributed by atoms with Gasteiger partial charge in [-0.1, -0.05) is 24.3 Å². The van der Waals surface area contributed by atoms with Crippen molar-refractivity contribution >= 4 is 5.91 Å². The van der Waals surface area contributed by atoms with Crippen LogP contribution in [0.1, 0.15) is 12.3 Å². The number of ether oxygens (including phenoxy) is 2. The van der Waals surface area contributed by atoms with Gasteiger partial charge in [0.2, 0.25) is 17.7 Å². The SMILES string of the molecule is COc1cccc(-c2nnc(CCNC(=O)CCOc3ccccc3)o2)c1. The monoisotopic (exact) mass is 367 g/mol. The van der Waals surface area contributed by atoms with Gasteiger partial charge in [-0.2, -0.15) is 0 Å². The van der Waals surface area contributed by atoms with Gasteiger partial charge < -0.3 is 19.2 Å². The Kier molecular flexibility index (Phi) is 6.40. The highest BCUT2D eigenvalue weighted by Gasteiger charge is 2.10. The molecule has 2 aromatic carbocycles. The van der Waals surface area contributed by atoms with Gasteiger partial charge in [0.1, 0.15) is 11.5 Å². The molecule has 1 heterocycles. The zero-order chi connectivity index (χ0) is 18.9. The number of hydrogen-bond donors (Lipinski definition) is 1. The fraction of sp³-hybridized carbons (Fsp3) is 0.250. The Labute approximate surface area is 157 Å². The summed E-state index contributed by atoms with van der Waals surface area (Å²) in [6.45, 7) is 0.750. The average Bonchev–Trinajstić information content (AvgIpc) is 3.18. The fourth-order valence-corrected chi connectivity index (χ4v) is 2.40. The van der Waals surface area contributed by atoms with E-state index in [2.05, 4.69) is 15.5 Å². The summed E-state index contributed by atoms with van der Waals surface area (Å²) < 4.78 is 16.3. The summed E-state index contributed by atoms with van der Waals surface area (Å²) in [4.78, 5) is 11.8. The first-order chi connectivity index (χ1) is 13.2. The lowest BCUT2D eigenvalue weighted by atomic mass is 10.2. The summed E-state index contributed by atoms with van der Waals surface area (Å²) in [6.07, 6.45) is 0.746. The summed E-state index contributed by atoms with van der Waals surface area (Å²) in [5.74, 6) is 2.28. The van der Waals surface area contributed by atoms with Crippen molar-refractivity contribution in [1.29, 1.82) is 0 Å². The minimum absolute atomic E-state index is 0.0848. The van der Waals surface area contributed by atoms with Crippen LogP contribution in [0, 0.1) is 0 Å². The number of para-hydroxylation sites is 1.